The number of carbonyl (C=O) groups is 2. The summed E-state index contributed by atoms with van der Waals surface area (Å²) in [6.07, 6.45) is 1.91. The average molecular weight is 447 g/mol. The predicted molar refractivity (Wildman–Crippen MR) is 114 cm³/mol. The second-order valence-electron chi connectivity index (χ2n) is 7.45. The van der Waals surface area contributed by atoms with Crippen LogP contribution in [0.2, 0.25) is 0 Å². The van der Waals surface area contributed by atoms with Crippen molar-refractivity contribution in [2.45, 2.75) is 45.5 Å². The highest BCUT2D eigenvalue weighted by Gasteiger charge is 2.31. The Hall–Kier alpha value is -3.20. The first-order valence-electron chi connectivity index (χ1n) is 10.5. The van der Waals surface area contributed by atoms with Crippen molar-refractivity contribution in [3.8, 4) is 11.5 Å². The fraction of sp³-hybridized carbons (Fsp3) is 0.391. The number of amides is 3. The molecule has 0 unspecified atom stereocenters. The number of alkyl halides is 2. The molecule has 1 saturated carbocycles. The van der Waals surface area contributed by atoms with Gasteiger partial charge in [0.05, 0.1) is 13.2 Å². The summed E-state index contributed by atoms with van der Waals surface area (Å²) < 4.78 is 35.1. The number of benzene rings is 2. The third-order valence-electron chi connectivity index (χ3n) is 4.87. The van der Waals surface area contributed by atoms with Gasteiger partial charge in [0.1, 0.15) is 0 Å². The number of hydrogen-bond donors (Lipinski definition) is 2. The molecular weight excluding hydrogens is 420 g/mol. The van der Waals surface area contributed by atoms with Gasteiger partial charge in [0, 0.05) is 19.1 Å². The van der Waals surface area contributed by atoms with E-state index in [0.29, 0.717) is 19.7 Å². The molecule has 0 bridgehead atoms. The van der Waals surface area contributed by atoms with Gasteiger partial charge in [0.2, 0.25) is 5.91 Å². The van der Waals surface area contributed by atoms with E-state index in [9.17, 15) is 18.4 Å². The third kappa shape index (κ3) is 7.49. The molecule has 0 heterocycles. The van der Waals surface area contributed by atoms with Gasteiger partial charge in [-0.3, -0.25) is 15.0 Å². The average Bonchev–Trinajstić information content (AvgIpc) is 3.60. The molecule has 32 heavy (non-hydrogen) atoms. The van der Waals surface area contributed by atoms with Crippen molar-refractivity contribution in [1.82, 2.24) is 15.5 Å². The summed E-state index contributed by atoms with van der Waals surface area (Å²) in [7, 11) is 0. The fourth-order valence-electron chi connectivity index (χ4n) is 3.27. The number of urea groups is 1. The second kappa shape index (κ2) is 11.4. The Balaban J connectivity index is 1.55. The fourth-order valence-corrected chi connectivity index (χ4v) is 3.27. The van der Waals surface area contributed by atoms with Gasteiger partial charge in [-0.25, -0.2) is 4.79 Å². The standard InChI is InChI=1S/C23H27F2N3O4/c1-2-31-20-12-17(8-11-19(20)32-22(24)25)14-28(18-9-10-18)15-21(29)27-23(30)26-13-16-6-4-3-5-7-16/h3-8,11-12,18,22H,2,9-10,13-15H2,1H3,(H2,26,27,29,30). The lowest BCUT2D eigenvalue weighted by Crippen LogP contribution is -2.44. The number of carbonyl (C=O) groups excluding carboxylic acids is 2. The summed E-state index contributed by atoms with van der Waals surface area (Å²) in [5, 5.41) is 5.01. The molecule has 0 spiro atoms. The zero-order valence-electron chi connectivity index (χ0n) is 17.9. The lowest BCUT2D eigenvalue weighted by Gasteiger charge is -2.22. The summed E-state index contributed by atoms with van der Waals surface area (Å²) >= 11 is 0. The Morgan fingerprint density at radius 1 is 1.09 bits per heavy atom. The molecule has 1 aliphatic rings. The minimum Gasteiger partial charge on any atom is -0.490 e. The molecule has 0 aromatic heterocycles. The van der Waals surface area contributed by atoms with Gasteiger partial charge in [0.25, 0.3) is 0 Å². The topological polar surface area (TPSA) is 79.9 Å². The van der Waals surface area contributed by atoms with Crippen molar-refractivity contribution < 1.29 is 27.8 Å². The molecule has 3 amide bonds. The van der Waals surface area contributed by atoms with E-state index in [4.69, 9.17) is 4.74 Å². The molecule has 0 saturated heterocycles. The Morgan fingerprint density at radius 3 is 2.50 bits per heavy atom. The molecule has 1 aliphatic carbocycles. The number of hydrogen-bond acceptors (Lipinski definition) is 5. The zero-order chi connectivity index (χ0) is 22.9. The monoisotopic (exact) mass is 447 g/mol. The summed E-state index contributed by atoms with van der Waals surface area (Å²) in [6, 6.07) is 13.8. The van der Waals surface area contributed by atoms with Crippen LogP contribution in [0.15, 0.2) is 48.5 Å². The zero-order valence-corrected chi connectivity index (χ0v) is 17.9. The molecular formula is C23H27F2N3O4. The van der Waals surface area contributed by atoms with Gasteiger partial charge in [-0.05, 0) is 43.0 Å². The molecule has 1 fully saturated rings. The van der Waals surface area contributed by atoms with Crippen molar-refractivity contribution in [3.05, 3.63) is 59.7 Å². The highest BCUT2D eigenvalue weighted by molar-refractivity contribution is 5.95. The van der Waals surface area contributed by atoms with Gasteiger partial charge in [-0.15, -0.1) is 0 Å². The largest absolute Gasteiger partial charge is 0.490 e. The Morgan fingerprint density at radius 2 is 1.84 bits per heavy atom. The minimum absolute atomic E-state index is 0.0311. The van der Waals surface area contributed by atoms with Crippen LogP contribution in [0.1, 0.15) is 30.9 Å². The molecule has 9 heteroatoms. The number of rotatable bonds is 11. The molecule has 3 rings (SSSR count). The van der Waals surface area contributed by atoms with Crippen LogP contribution in [0.3, 0.4) is 0 Å². The normalized spacial score (nSPS) is 13.2. The summed E-state index contributed by atoms with van der Waals surface area (Å²) in [6.45, 7) is -0.112. The molecule has 172 valence electrons. The second-order valence-corrected chi connectivity index (χ2v) is 7.45. The van der Waals surface area contributed by atoms with Crippen LogP contribution in [0.4, 0.5) is 13.6 Å². The van der Waals surface area contributed by atoms with E-state index in [0.717, 1.165) is 24.0 Å². The third-order valence-corrected chi connectivity index (χ3v) is 4.87. The van der Waals surface area contributed by atoms with E-state index in [-0.39, 0.29) is 24.1 Å². The lowest BCUT2D eigenvalue weighted by atomic mass is 10.2. The van der Waals surface area contributed by atoms with Crippen LogP contribution in [0.25, 0.3) is 0 Å². The van der Waals surface area contributed by atoms with Crippen molar-refractivity contribution in [2.24, 2.45) is 0 Å². The van der Waals surface area contributed by atoms with Gasteiger partial charge in [0.15, 0.2) is 11.5 Å². The predicted octanol–water partition coefficient (Wildman–Crippen LogP) is 3.68. The number of halogens is 2. The minimum atomic E-state index is -2.94. The van der Waals surface area contributed by atoms with Crippen LogP contribution < -0.4 is 20.1 Å². The molecule has 2 aromatic rings. The number of imide groups is 1. The smallest absolute Gasteiger partial charge is 0.387 e. The molecule has 2 N–H and O–H groups in total. The van der Waals surface area contributed by atoms with Gasteiger partial charge >= 0.3 is 12.6 Å². The van der Waals surface area contributed by atoms with Crippen molar-refractivity contribution in [2.75, 3.05) is 13.2 Å². The van der Waals surface area contributed by atoms with Crippen LogP contribution in [0.5, 0.6) is 11.5 Å². The van der Waals surface area contributed by atoms with Crippen LogP contribution in [-0.2, 0) is 17.9 Å². The molecule has 0 radical (unpaired) electrons. The number of nitrogens with one attached hydrogen (secondary N) is 2. The van der Waals surface area contributed by atoms with Gasteiger partial charge in [-0.1, -0.05) is 36.4 Å². The highest BCUT2D eigenvalue weighted by Crippen LogP contribution is 2.32. The van der Waals surface area contributed by atoms with Crippen molar-refractivity contribution in [1.29, 1.82) is 0 Å². The van der Waals surface area contributed by atoms with E-state index in [1.165, 1.54) is 6.07 Å². The molecule has 0 atom stereocenters. The van der Waals surface area contributed by atoms with E-state index in [1.807, 2.05) is 35.2 Å². The maximum atomic E-state index is 12.6. The first-order chi connectivity index (χ1) is 15.4. The van der Waals surface area contributed by atoms with Crippen LogP contribution >= 0.6 is 0 Å². The molecule has 2 aromatic carbocycles. The Labute approximate surface area is 185 Å². The molecule has 7 nitrogen and oxygen atoms in total. The molecule has 0 aliphatic heterocycles. The van der Waals surface area contributed by atoms with Gasteiger partial charge < -0.3 is 14.8 Å². The van der Waals surface area contributed by atoms with E-state index >= 15 is 0 Å². The van der Waals surface area contributed by atoms with Crippen molar-refractivity contribution >= 4 is 11.9 Å². The highest BCUT2D eigenvalue weighted by atomic mass is 19.3. The SMILES string of the molecule is CCOc1cc(CN(CC(=O)NC(=O)NCc2ccccc2)C2CC2)ccc1OC(F)F. The lowest BCUT2D eigenvalue weighted by molar-refractivity contribution is -0.121. The maximum absolute atomic E-state index is 12.6. The van der Waals surface area contributed by atoms with E-state index in [2.05, 4.69) is 15.4 Å². The first kappa shape index (κ1) is 23.5. The maximum Gasteiger partial charge on any atom is 0.387 e. The summed E-state index contributed by atoms with van der Waals surface area (Å²) in [5.74, 6) is -0.215. The van der Waals surface area contributed by atoms with E-state index < -0.39 is 18.5 Å². The Bertz CT molecular complexity index is 907. The number of ether oxygens (including phenoxy) is 2. The van der Waals surface area contributed by atoms with E-state index in [1.54, 1.807) is 19.1 Å². The van der Waals surface area contributed by atoms with Crippen LogP contribution in [-0.4, -0.2) is 42.6 Å². The quantitative estimate of drug-likeness (QED) is 0.549. The number of nitrogens with zero attached hydrogens (tertiary/aromatic N) is 1. The summed E-state index contributed by atoms with van der Waals surface area (Å²) in [5.41, 5.74) is 1.72. The Kier molecular flexibility index (Phi) is 8.38. The van der Waals surface area contributed by atoms with Crippen LogP contribution in [0, 0.1) is 0 Å². The van der Waals surface area contributed by atoms with Gasteiger partial charge in [-0.2, -0.15) is 8.78 Å². The van der Waals surface area contributed by atoms with Crippen molar-refractivity contribution in [3.63, 3.8) is 0 Å². The summed E-state index contributed by atoms with van der Waals surface area (Å²) in [4.78, 5) is 26.4. The first-order valence-corrected chi connectivity index (χ1v) is 10.5.